The maximum Gasteiger partial charge on any atom is 0.258 e. The number of likely N-dealkylation sites (N-methyl/N-ethyl adjacent to an activating group) is 1. The Morgan fingerprint density at radius 1 is 1.29 bits per heavy atom. The van der Waals surface area contributed by atoms with Crippen LogP contribution in [0.3, 0.4) is 0 Å². The van der Waals surface area contributed by atoms with E-state index in [0.29, 0.717) is 12.2 Å². The molecule has 0 radical (unpaired) electrons. The minimum Gasteiger partial charge on any atom is -0.504 e. The number of hydrogen-bond donors (Lipinski definition) is 1. The quantitative estimate of drug-likeness (QED) is 0.765. The smallest absolute Gasteiger partial charge is 0.258 e. The molecule has 0 aromatic carbocycles. The van der Waals surface area contributed by atoms with Gasteiger partial charge in [-0.15, -0.1) is 0 Å². The molecule has 1 N–H and O–H groups in total. The third-order valence-corrected chi connectivity index (χ3v) is 3.95. The van der Waals surface area contributed by atoms with Crippen LogP contribution in [-0.2, 0) is 13.1 Å². The van der Waals surface area contributed by atoms with E-state index in [9.17, 15) is 9.90 Å². The summed E-state index contributed by atoms with van der Waals surface area (Å²) in [5.74, 6) is 0.00161. The molecule has 0 aliphatic heterocycles. The van der Waals surface area contributed by atoms with E-state index in [4.69, 9.17) is 0 Å². The molecular formula is C17H21N5O2. The third kappa shape index (κ3) is 3.30. The first-order valence-electron chi connectivity index (χ1n) is 7.84. The highest BCUT2D eigenvalue weighted by atomic mass is 16.3. The first-order valence-corrected chi connectivity index (χ1v) is 7.84. The van der Waals surface area contributed by atoms with Crippen molar-refractivity contribution in [3.8, 4) is 5.75 Å². The molecule has 7 nitrogen and oxygen atoms in total. The second-order valence-corrected chi connectivity index (χ2v) is 6.06. The average Bonchev–Trinajstić information content (AvgIpc) is 2.84. The molecule has 3 aromatic rings. The Labute approximate surface area is 139 Å². The lowest BCUT2D eigenvalue weighted by molar-refractivity contribution is 0.300. The summed E-state index contributed by atoms with van der Waals surface area (Å²) in [6.45, 7) is 6.10. The fraction of sp³-hybridized carbons (Fsp3) is 0.353. The standard InChI is InChI=1S/C17H21N5O2/c1-12-9-13(2)22(19-12)8-7-20(3)11-14-10-16(24)21-6-4-5-15(23)17(21)18-14/h4-6,9-10,23H,7-8,11H2,1-3H3. The molecule has 0 spiro atoms. The highest BCUT2D eigenvalue weighted by Gasteiger charge is 2.09. The van der Waals surface area contributed by atoms with Crippen LogP contribution in [0.2, 0.25) is 0 Å². The van der Waals surface area contributed by atoms with Gasteiger partial charge in [0.1, 0.15) is 0 Å². The van der Waals surface area contributed by atoms with E-state index >= 15 is 0 Å². The van der Waals surface area contributed by atoms with Crippen molar-refractivity contribution in [2.24, 2.45) is 0 Å². The molecule has 0 aliphatic carbocycles. The Morgan fingerprint density at radius 2 is 2.08 bits per heavy atom. The summed E-state index contributed by atoms with van der Waals surface area (Å²) >= 11 is 0. The van der Waals surface area contributed by atoms with Crippen LogP contribution in [0.1, 0.15) is 17.1 Å². The fourth-order valence-corrected chi connectivity index (χ4v) is 2.76. The molecule has 0 atom stereocenters. The van der Waals surface area contributed by atoms with Gasteiger partial charge in [-0.25, -0.2) is 4.98 Å². The maximum atomic E-state index is 12.1. The van der Waals surface area contributed by atoms with Gasteiger partial charge in [0.15, 0.2) is 11.4 Å². The summed E-state index contributed by atoms with van der Waals surface area (Å²) in [5, 5.41) is 14.3. The Balaban J connectivity index is 1.73. The van der Waals surface area contributed by atoms with Crippen LogP contribution in [0.25, 0.3) is 5.65 Å². The number of hydrogen-bond acceptors (Lipinski definition) is 5. The van der Waals surface area contributed by atoms with Crippen molar-refractivity contribution < 1.29 is 5.11 Å². The lowest BCUT2D eigenvalue weighted by Crippen LogP contribution is -2.25. The number of fused-ring (bicyclic) bond motifs is 1. The Hall–Kier alpha value is -2.67. The average molecular weight is 327 g/mol. The molecule has 0 saturated heterocycles. The topological polar surface area (TPSA) is 75.7 Å². The highest BCUT2D eigenvalue weighted by molar-refractivity contribution is 5.52. The third-order valence-electron chi connectivity index (χ3n) is 3.95. The van der Waals surface area contributed by atoms with Crippen molar-refractivity contribution >= 4 is 5.65 Å². The molecule has 126 valence electrons. The van der Waals surface area contributed by atoms with Gasteiger partial charge in [0, 0.05) is 31.0 Å². The van der Waals surface area contributed by atoms with E-state index < -0.39 is 0 Å². The van der Waals surface area contributed by atoms with Gasteiger partial charge in [-0.2, -0.15) is 5.10 Å². The van der Waals surface area contributed by atoms with Crippen LogP contribution in [-0.4, -0.2) is 42.8 Å². The van der Waals surface area contributed by atoms with Crippen molar-refractivity contribution in [3.63, 3.8) is 0 Å². The monoisotopic (exact) mass is 327 g/mol. The minimum absolute atomic E-state index is 0.00161. The van der Waals surface area contributed by atoms with Crippen LogP contribution in [0.4, 0.5) is 0 Å². The molecule has 0 unspecified atom stereocenters. The lowest BCUT2D eigenvalue weighted by Gasteiger charge is -2.17. The number of pyridine rings is 1. The van der Waals surface area contributed by atoms with Crippen LogP contribution in [0.15, 0.2) is 35.3 Å². The van der Waals surface area contributed by atoms with Crippen LogP contribution in [0, 0.1) is 13.8 Å². The van der Waals surface area contributed by atoms with Crippen molar-refractivity contribution in [1.82, 2.24) is 24.1 Å². The predicted molar refractivity (Wildman–Crippen MR) is 91.2 cm³/mol. The molecule has 3 rings (SSSR count). The van der Waals surface area contributed by atoms with Gasteiger partial charge in [-0.1, -0.05) is 0 Å². The van der Waals surface area contributed by atoms with Crippen LogP contribution < -0.4 is 5.56 Å². The summed E-state index contributed by atoms with van der Waals surface area (Å²) in [6, 6.07) is 6.70. The zero-order valence-electron chi connectivity index (χ0n) is 14.1. The number of nitrogens with zero attached hydrogens (tertiary/aromatic N) is 5. The van der Waals surface area contributed by atoms with Gasteiger partial charge in [-0.05, 0) is 39.1 Å². The van der Waals surface area contributed by atoms with Crippen molar-refractivity contribution in [3.05, 3.63) is 57.9 Å². The van der Waals surface area contributed by atoms with Crippen molar-refractivity contribution in [2.75, 3.05) is 13.6 Å². The van der Waals surface area contributed by atoms with Gasteiger partial charge >= 0.3 is 0 Å². The molecule has 0 aliphatic rings. The SMILES string of the molecule is Cc1cc(C)n(CCN(C)Cc2cc(=O)n3cccc(O)c3n2)n1. The minimum atomic E-state index is -0.196. The largest absolute Gasteiger partial charge is 0.504 e. The van der Waals surface area contributed by atoms with Crippen molar-refractivity contribution in [1.29, 1.82) is 0 Å². The number of rotatable bonds is 5. The second kappa shape index (κ2) is 6.45. The summed E-state index contributed by atoms with van der Waals surface area (Å²) in [6.07, 6.45) is 1.60. The molecular weight excluding hydrogens is 306 g/mol. The summed E-state index contributed by atoms with van der Waals surface area (Å²) < 4.78 is 3.31. The van der Waals surface area contributed by atoms with Gasteiger partial charge in [0.25, 0.3) is 5.56 Å². The summed E-state index contributed by atoms with van der Waals surface area (Å²) in [5.41, 5.74) is 2.87. The van der Waals surface area contributed by atoms with Crippen LogP contribution >= 0.6 is 0 Å². The zero-order chi connectivity index (χ0) is 17.3. The first kappa shape index (κ1) is 16.2. The maximum absolute atomic E-state index is 12.1. The predicted octanol–water partition coefficient (Wildman–Crippen LogP) is 1.35. The van der Waals surface area contributed by atoms with Gasteiger partial charge in [0.2, 0.25) is 0 Å². The van der Waals surface area contributed by atoms with Gasteiger partial charge in [0.05, 0.1) is 17.9 Å². The molecule has 3 aromatic heterocycles. The molecule has 0 fully saturated rings. The number of aryl methyl sites for hydroxylation is 2. The Morgan fingerprint density at radius 3 is 2.79 bits per heavy atom. The van der Waals surface area contributed by atoms with E-state index in [1.54, 1.807) is 12.3 Å². The first-order chi connectivity index (χ1) is 11.4. The lowest BCUT2D eigenvalue weighted by atomic mass is 10.3. The highest BCUT2D eigenvalue weighted by Crippen LogP contribution is 2.14. The van der Waals surface area contributed by atoms with Crippen LogP contribution in [0.5, 0.6) is 5.75 Å². The molecule has 0 saturated carbocycles. The molecule has 7 heteroatoms. The van der Waals surface area contributed by atoms with E-state index in [0.717, 1.165) is 24.5 Å². The molecule has 0 bridgehead atoms. The summed E-state index contributed by atoms with van der Waals surface area (Å²) in [4.78, 5) is 18.6. The van der Waals surface area contributed by atoms with E-state index in [-0.39, 0.29) is 17.0 Å². The van der Waals surface area contributed by atoms with Gasteiger partial charge in [-0.3, -0.25) is 18.8 Å². The fourth-order valence-electron chi connectivity index (χ4n) is 2.76. The number of aromatic nitrogens is 4. The molecule has 0 amide bonds. The molecule has 24 heavy (non-hydrogen) atoms. The van der Waals surface area contributed by atoms with E-state index in [1.165, 1.54) is 16.5 Å². The zero-order valence-corrected chi connectivity index (χ0v) is 14.1. The van der Waals surface area contributed by atoms with E-state index in [1.807, 2.05) is 25.6 Å². The summed E-state index contributed by atoms with van der Waals surface area (Å²) in [7, 11) is 1.97. The number of aromatic hydroxyl groups is 1. The normalized spacial score (nSPS) is 11.5. The molecule has 3 heterocycles. The van der Waals surface area contributed by atoms with E-state index in [2.05, 4.69) is 21.0 Å². The van der Waals surface area contributed by atoms with Crippen molar-refractivity contribution in [2.45, 2.75) is 26.9 Å². The Kier molecular flexibility index (Phi) is 4.35. The Bertz CT molecular complexity index is 928. The van der Waals surface area contributed by atoms with Gasteiger partial charge < -0.3 is 5.11 Å². The second-order valence-electron chi connectivity index (χ2n) is 6.06.